The molecule has 0 aliphatic rings. The number of halogens is 4. The molecule has 0 radical (unpaired) electrons. The number of nitrogens with zero attached hydrogens (tertiary/aromatic N) is 1. The van der Waals surface area contributed by atoms with E-state index in [9.17, 15) is 22.4 Å². The van der Waals surface area contributed by atoms with Gasteiger partial charge in [0.05, 0.1) is 24.3 Å². The lowest BCUT2D eigenvalue weighted by Gasteiger charge is -2.08. The predicted octanol–water partition coefficient (Wildman–Crippen LogP) is 2.35. The molecule has 17 heavy (non-hydrogen) atoms. The van der Waals surface area contributed by atoms with Crippen LogP contribution in [0.3, 0.4) is 0 Å². The van der Waals surface area contributed by atoms with Crippen LogP contribution in [0.5, 0.6) is 0 Å². The fourth-order valence-electron chi connectivity index (χ4n) is 1.10. The van der Waals surface area contributed by atoms with Crippen LogP contribution in [0.15, 0.2) is 12.3 Å². The number of carbonyl (C=O) groups is 1. The van der Waals surface area contributed by atoms with E-state index in [1.807, 2.05) is 0 Å². The van der Waals surface area contributed by atoms with Crippen molar-refractivity contribution in [1.29, 1.82) is 0 Å². The lowest BCUT2D eigenvalue weighted by atomic mass is 10.2. The SMILES string of the molecule is CCOC(=O)Cc1ncc(C(F)(F)F)cc1F. The minimum absolute atomic E-state index is 0.112. The zero-order chi connectivity index (χ0) is 13.1. The summed E-state index contributed by atoms with van der Waals surface area (Å²) in [5, 5.41) is 0. The topological polar surface area (TPSA) is 39.2 Å². The van der Waals surface area contributed by atoms with Gasteiger partial charge in [-0.1, -0.05) is 0 Å². The minimum atomic E-state index is -4.66. The van der Waals surface area contributed by atoms with Gasteiger partial charge in [0, 0.05) is 6.20 Å². The standard InChI is InChI=1S/C10H9F4NO2/c1-2-17-9(16)4-8-7(11)3-6(5-15-8)10(12,13)14/h3,5H,2,4H2,1H3. The van der Waals surface area contributed by atoms with Crippen molar-refractivity contribution in [2.24, 2.45) is 0 Å². The van der Waals surface area contributed by atoms with E-state index in [1.54, 1.807) is 6.92 Å². The van der Waals surface area contributed by atoms with E-state index < -0.39 is 29.9 Å². The first-order chi connectivity index (χ1) is 7.84. The summed E-state index contributed by atoms with van der Waals surface area (Å²) in [6, 6.07) is 0.307. The first-order valence-electron chi connectivity index (χ1n) is 4.71. The van der Waals surface area contributed by atoms with Crippen LogP contribution in [0.1, 0.15) is 18.2 Å². The highest BCUT2D eigenvalue weighted by molar-refractivity contribution is 5.72. The normalized spacial score (nSPS) is 11.4. The molecular formula is C10H9F4NO2. The maximum absolute atomic E-state index is 13.2. The highest BCUT2D eigenvalue weighted by Crippen LogP contribution is 2.29. The van der Waals surface area contributed by atoms with Gasteiger partial charge in [0.2, 0.25) is 0 Å². The molecule has 94 valence electrons. The van der Waals surface area contributed by atoms with Crippen molar-refractivity contribution in [3.63, 3.8) is 0 Å². The first kappa shape index (κ1) is 13.4. The molecule has 0 spiro atoms. The Kier molecular flexibility index (Phi) is 4.03. The molecule has 0 fully saturated rings. The molecule has 0 bridgehead atoms. The van der Waals surface area contributed by atoms with Crippen molar-refractivity contribution in [2.45, 2.75) is 19.5 Å². The van der Waals surface area contributed by atoms with Gasteiger partial charge in [0.15, 0.2) is 0 Å². The van der Waals surface area contributed by atoms with Crippen LogP contribution in [0, 0.1) is 5.82 Å². The second-order valence-electron chi connectivity index (χ2n) is 3.13. The lowest BCUT2D eigenvalue weighted by molar-refractivity contribution is -0.142. The van der Waals surface area contributed by atoms with Crippen molar-refractivity contribution in [3.8, 4) is 0 Å². The second kappa shape index (κ2) is 5.11. The molecule has 0 N–H and O–H groups in total. The number of carbonyl (C=O) groups excluding carboxylic acids is 1. The number of ether oxygens (including phenoxy) is 1. The second-order valence-corrected chi connectivity index (χ2v) is 3.13. The van der Waals surface area contributed by atoms with Crippen molar-refractivity contribution in [2.75, 3.05) is 6.61 Å². The largest absolute Gasteiger partial charge is 0.466 e. The zero-order valence-electron chi connectivity index (χ0n) is 8.84. The highest BCUT2D eigenvalue weighted by atomic mass is 19.4. The summed E-state index contributed by atoms with van der Waals surface area (Å²) >= 11 is 0. The Hall–Kier alpha value is -1.66. The maximum atomic E-state index is 13.2. The molecule has 1 rings (SSSR count). The van der Waals surface area contributed by atoms with Crippen molar-refractivity contribution in [1.82, 2.24) is 4.98 Å². The Balaban J connectivity index is 2.87. The number of aromatic nitrogens is 1. The minimum Gasteiger partial charge on any atom is -0.466 e. The molecule has 7 heteroatoms. The number of pyridine rings is 1. The number of rotatable bonds is 3. The molecule has 0 aliphatic heterocycles. The number of hydrogen-bond donors (Lipinski definition) is 0. The van der Waals surface area contributed by atoms with E-state index >= 15 is 0 Å². The third-order valence-corrected chi connectivity index (χ3v) is 1.86. The van der Waals surface area contributed by atoms with Crippen LogP contribution in [-0.4, -0.2) is 17.6 Å². The third kappa shape index (κ3) is 3.69. The van der Waals surface area contributed by atoms with Crippen LogP contribution in [0.4, 0.5) is 17.6 Å². The van der Waals surface area contributed by atoms with Crippen LogP contribution < -0.4 is 0 Å². The van der Waals surface area contributed by atoms with Crippen LogP contribution in [0.2, 0.25) is 0 Å². The van der Waals surface area contributed by atoms with Crippen LogP contribution >= 0.6 is 0 Å². The first-order valence-corrected chi connectivity index (χ1v) is 4.71. The van der Waals surface area contributed by atoms with E-state index in [1.165, 1.54) is 0 Å². The van der Waals surface area contributed by atoms with Gasteiger partial charge in [-0.25, -0.2) is 4.39 Å². The van der Waals surface area contributed by atoms with Crippen molar-refractivity contribution in [3.05, 3.63) is 29.3 Å². The maximum Gasteiger partial charge on any atom is 0.417 e. The molecule has 0 saturated carbocycles. The Labute approximate surface area is 94.4 Å². The number of esters is 1. The molecule has 1 aromatic rings. The fraction of sp³-hybridized carbons (Fsp3) is 0.400. The summed E-state index contributed by atoms with van der Waals surface area (Å²) in [5.41, 5.74) is -1.56. The molecule has 0 aromatic carbocycles. The smallest absolute Gasteiger partial charge is 0.417 e. The molecule has 0 amide bonds. The Morgan fingerprint density at radius 1 is 1.47 bits per heavy atom. The van der Waals surface area contributed by atoms with E-state index in [0.29, 0.717) is 12.3 Å². The van der Waals surface area contributed by atoms with Gasteiger partial charge >= 0.3 is 12.1 Å². The van der Waals surface area contributed by atoms with Crippen molar-refractivity contribution < 1.29 is 27.1 Å². The average Bonchev–Trinajstić information content (AvgIpc) is 2.20. The molecule has 1 heterocycles. The van der Waals surface area contributed by atoms with Gasteiger partial charge in [0.1, 0.15) is 5.82 Å². The Bertz CT molecular complexity index is 417. The lowest BCUT2D eigenvalue weighted by Crippen LogP contribution is -2.12. The molecule has 0 saturated heterocycles. The summed E-state index contributed by atoms with van der Waals surface area (Å²) < 4.78 is 54.3. The molecule has 0 unspecified atom stereocenters. The molecule has 0 atom stereocenters. The van der Waals surface area contributed by atoms with Gasteiger partial charge < -0.3 is 4.74 Å². The predicted molar refractivity (Wildman–Crippen MR) is 49.5 cm³/mol. The average molecular weight is 251 g/mol. The van der Waals surface area contributed by atoms with E-state index in [4.69, 9.17) is 0 Å². The molecule has 1 aromatic heterocycles. The van der Waals surface area contributed by atoms with E-state index in [2.05, 4.69) is 9.72 Å². The van der Waals surface area contributed by atoms with Gasteiger partial charge in [-0.3, -0.25) is 9.78 Å². The molecular weight excluding hydrogens is 242 g/mol. The quantitative estimate of drug-likeness (QED) is 0.611. The number of alkyl halides is 3. The van der Waals surface area contributed by atoms with E-state index in [0.717, 1.165) is 0 Å². The van der Waals surface area contributed by atoms with E-state index in [-0.39, 0.29) is 12.3 Å². The zero-order valence-corrected chi connectivity index (χ0v) is 8.84. The molecule has 3 nitrogen and oxygen atoms in total. The highest BCUT2D eigenvalue weighted by Gasteiger charge is 2.32. The summed E-state index contributed by atoms with van der Waals surface area (Å²) in [7, 11) is 0. The van der Waals surface area contributed by atoms with Crippen LogP contribution in [0.25, 0.3) is 0 Å². The van der Waals surface area contributed by atoms with Crippen LogP contribution in [-0.2, 0) is 22.1 Å². The van der Waals surface area contributed by atoms with Gasteiger partial charge in [-0.05, 0) is 13.0 Å². The van der Waals surface area contributed by atoms with Gasteiger partial charge in [-0.15, -0.1) is 0 Å². The molecule has 0 aliphatic carbocycles. The van der Waals surface area contributed by atoms with Gasteiger partial charge in [0.25, 0.3) is 0 Å². The summed E-state index contributed by atoms with van der Waals surface area (Å²) in [6.45, 7) is 1.68. The monoisotopic (exact) mass is 251 g/mol. The van der Waals surface area contributed by atoms with Gasteiger partial charge in [-0.2, -0.15) is 13.2 Å². The summed E-state index contributed by atoms with van der Waals surface area (Å²) in [4.78, 5) is 14.3. The fourth-order valence-corrected chi connectivity index (χ4v) is 1.10. The summed E-state index contributed by atoms with van der Waals surface area (Å²) in [5.74, 6) is -1.91. The number of hydrogen-bond acceptors (Lipinski definition) is 3. The Morgan fingerprint density at radius 3 is 2.59 bits per heavy atom. The summed E-state index contributed by atoms with van der Waals surface area (Å²) in [6.07, 6.45) is -4.66. The van der Waals surface area contributed by atoms with Crippen molar-refractivity contribution >= 4 is 5.97 Å². The Morgan fingerprint density at radius 2 is 2.12 bits per heavy atom. The third-order valence-electron chi connectivity index (χ3n) is 1.86.